The minimum atomic E-state index is -1.42. The highest BCUT2D eigenvalue weighted by atomic mass is 16.8. The summed E-state index contributed by atoms with van der Waals surface area (Å²) >= 11 is 0. The van der Waals surface area contributed by atoms with E-state index in [2.05, 4.69) is 0 Å². The second-order valence-electron chi connectivity index (χ2n) is 3.29. The average molecular weight is 172 g/mol. The molecule has 2 rings (SSSR count). The molecule has 2 aliphatic heterocycles. The molecule has 0 saturated carbocycles. The van der Waals surface area contributed by atoms with Crippen LogP contribution in [0.3, 0.4) is 0 Å². The second-order valence-corrected chi connectivity index (χ2v) is 3.29. The summed E-state index contributed by atoms with van der Waals surface area (Å²) in [5, 5.41) is 0. The Morgan fingerprint density at radius 3 is 1.92 bits per heavy atom. The van der Waals surface area contributed by atoms with Crippen LogP contribution in [0.5, 0.6) is 0 Å². The smallest absolute Gasteiger partial charge is 0.356 e. The zero-order valence-corrected chi connectivity index (χ0v) is 6.75. The van der Waals surface area contributed by atoms with Crippen molar-refractivity contribution in [2.24, 2.45) is 0 Å². The lowest BCUT2D eigenvalue weighted by atomic mass is 10.1. The van der Waals surface area contributed by atoms with Gasteiger partial charge in [-0.2, -0.15) is 0 Å². The van der Waals surface area contributed by atoms with Gasteiger partial charge >= 0.3 is 11.9 Å². The fourth-order valence-corrected chi connectivity index (χ4v) is 1.02. The van der Waals surface area contributed by atoms with Gasteiger partial charge in [-0.05, 0) is 0 Å². The molecule has 12 heavy (non-hydrogen) atoms. The molecule has 2 heterocycles. The summed E-state index contributed by atoms with van der Waals surface area (Å²) in [5.41, 5.74) is -1.42. The maximum Gasteiger partial charge on any atom is 0.356 e. The van der Waals surface area contributed by atoms with Crippen molar-refractivity contribution in [1.29, 1.82) is 0 Å². The number of cyclic esters (lactones) is 2. The van der Waals surface area contributed by atoms with Gasteiger partial charge in [-0.1, -0.05) is 0 Å². The molecular weight excluding hydrogens is 164 g/mol. The second kappa shape index (κ2) is 1.80. The van der Waals surface area contributed by atoms with E-state index < -0.39 is 23.3 Å². The van der Waals surface area contributed by atoms with Gasteiger partial charge in [-0.15, -0.1) is 0 Å². The Morgan fingerprint density at radius 1 is 1.17 bits per heavy atom. The number of ether oxygens (including phenoxy) is 3. The number of epoxide rings is 1. The number of hydrogen-bond donors (Lipinski definition) is 0. The Labute approximate surface area is 68.6 Å². The van der Waals surface area contributed by atoms with Gasteiger partial charge in [0.2, 0.25) is 0 Å². The summed E-state index contributed by atoms with van der Waals surface area (Å²) in [6, 6.07) is 0. The van der Waals surface area contributed by atoms with Gasteiger partial charge in [0.15, 0.2) is 0 Å². The van der Waals surface area contributed by atoms with E-state index in [1.54, 1.807) is 0 Å². The zero-order valence-electron chi connectivity index (χ0n) is 6.75. The third-order valence-corrected chi connectivity index (χ3v) is 1.77. The van der Waals surface area contributed by atoms with Crippen molar-refractivity contribution in [2.75, 3.05) is 6.61 Å². The van der Waals surface area contributed by atoms with Crippen molar-refractivity contribution in [3.63, 3.8) is 0 Å². The van der Waals surface area contributed by atoms with Gasteiger partial charge in [0.1, 0.15) is 6.61 Å². The average Bonchev–Trinajstić information content (AvgIpc) is 2.59. The fraction of sp³-hybridized carbons (Fsp3) is 0.714. The lowest BCUT2D eigenvalue weighted by Gasteiger charge is -2.31. The van der Waals surface area contributed by atoms with E-state index in [9.17, 15) is 9.59 Å². The Kier molecular flexibility index (Phi) is 1.13. The predicted molar refractivity (Wildman–Crippen MR) is 34.9 cm³/mol. The van der Waals surface area contributed by atoms with Crippen LogP contribution in [-0.4, -0.2) is 29.9 Å². The van der Waals surface area contributed by atoms with Crippen LogP contribution < -0.4 is 0 Å². The van der Waals surface area contributed by atoms with E-state index in [0.29, 0.717) is 0 Å². The molecule has 5 nitrogen and oxygen atoms in total. The minimum absolute atomic E-state index is 0.0702. The monoisotopic (exact) mass is 172 g/mol. The first-order valence-electron chi connectivity index (χ1n) is 3.57. The van der Waals surface area contributed by atoms with Crippen LogP contribution in [0.15, 0.2) is 0 Å². The van der Waals surface area contributed by atoms with Crippen molar-refractivity contribution < 1.29 is 23.8 Å². The maximum absolute atomic E-state index is 11.2. The van der Waals surface area contributed by atoms with Crippen LogP contribution in [0.2, 0.25) is 0 Å². The molecule has 0 amide bonds. The molecule has 1 spiro atoms. The SMILES string of the molecule is CC1(C)OC(=O)C2(CO2)C(=O)O1. The third kappa shape index (κ3) is 0.828. The van der Waals surface area contributed by atoms with Crippen molar-refractivity contribution in [1.82, 2.24) is 0 Å². The number of rotatable bonds is 0. The van der Waals surface area contributed by atoms with E-state index >= 15 is 0 Å². The van der Waals surface area contributed by atoms with E-state index in [1.165, 1.54) is 13.8 Å². The molecule has 0 atom stereocenters. The molecule has 0 bridgehead atoms. The highest BCUT2D eigenvalue weighted by Crippen LogP contribution is 2.37. The molecular formula is C7H8O5. The molecule has 0 aromatic rings. The first-order valence-corrected chi connectivity index (χ1v) is 3.57. The largest absolute Gasteiger partial charge is 0.420 e. The predicted octanol–water partition coefficient (Wildman–Crippen LogP) is -0.409. The van der Waals surface area contributed by atoms with Gasteiger partial charge < -0.3 is 14.2 Å². The summed E-state index contributed by atoms with van der Waals surface area (Å²) in [6.07, 6.45) is 0. The van der Waals surface area contributed by atoms with Gasteiger partial charge in [0.25, 0.3) is 11.4 Å². The molecule has 0 aromatic carbocycles. The Bertz CT molecular complexity index is 241. The summed E-state index contributed by atoms with van der Waals surface area (Å²) < 4.78 is 14.3. The molecule has 5 heteroatoms. The number of carbonyl (C=O) groups is 2. The van der Waals surface area contributed by atoms with E-state index in [-0.39, 0.29) is 6.61 Å². The Morgan fingerprint density at radius 2 is 1.58 bits per heavy atom. The molecule has 0 aromatic heterocycles. The molecule has 2 aliphatic rings. The van der Waals surface area contributed by atoms with Crippen LogP contribution in [0.25, 0.3) is 0 Å². The van der Waals surface area contributed by atoms with Crippen LogP contribution >= 0.6 is 0 Å². The van der Waals surface area contributed by atoms with Crippen LogP contribution in [0.1, 0.15) is 13.8 Å². The minimum Gasteiger partial charge on any atom is -0.420 e. The van der Waals surface area contributed by atoms with Gasteiger partial charge in [0, 0.05) is 13.8 Å². The molecule has 2 saturated heterocycles. The van der Waals surface area contributed by atoms with Crippen LogP contribution in [0.4, 0.5) is 0 Å². The fourth-order valence-electron chi connectivity index (χ4n) is 1.02. The molecule has 0 aliphatic carbocycles. The van der Waals surface area contributed by atoms with Gasteiger partial charge in [-0.25, -0.2) is 9.59 Å². The Hall–Kier alpha value is -1.10. The maximum atomic E-state index is 11.2. The normalized spacial score (nSPS) is 29.5. The lowest BCUT2D eigenvalue weighted by molar-refractivity contribution is -0.241. The van der Waals surface area contributed by atoms with E-state index in [0.717, 1.165) is 0 Å². The molecule has 2 fully saturated rings. The zero-order chi connectivity index (χ0) is 8.98. The van der Waals surface area contributed by atoms with Crippen LogP contribution in [-0.2, 0) is 23.8 Å². The van der Waals surface area contributed by atoms with Crippen LogP contribution in [0, 0.1) is 0 Å². The highest BCUT2D eigenvalue weighted by molar-refractivity contribution is 6.07. The van der Waals surface area contributed by atoms with Crippen molar-refractivity contribution >= 4 is 11.9 Å². The van der Waals surface area contributed by atoms with Gasteiger partial charge in [-0.3, -0.25) is 0 Å². The first-order chi connectivity index (χ1) is 5.46. The third-order valence-electron chi connectivity index (χ3n) is 1.77. The van der Waals surface area contributed by atoms with E-state index in [4.69, 9.17) is 14.2 Å². The van der Waals surface area contributed by atoms with E-state index in [1.807, 2.05) is 0 Å². The summed E-state index contributed by atoms with van der Waals surface area (Å²) in [6.45, 7) is 3.07. The highest BCUT2D eigenvalue weighted by Gasteiger charge is 2.67. The van der Waals surface area contributed by atoms with Crippen molar-refractivity contribution in [3.8, 4) is 0 Å². The van der Waals surface area contributed by atoms with Gasteiger partial charge in [0.05, 0.1) is 0 Å². The number of carbonyl (C=O) groups excluding carboxylic acids is 2. The number of esters is 2. The lowest BCUT2D eigenvalue weighted by Crippen LogP contribution is -2.51. The summed E-state index contributed by atoms with van der Waals surface area (Å²) in [5.74, 6) is -2.46. The molecule has 66 valence electrons. The standard InChI is InChI=1S/C7H8O5/c1-6(2)11-4(8)7(3-10-7)5(9)12-6/h3H2,1-2H3. The molecule has 0 N–H and O–H groups in total. The van der Waals surface area contributed by atoms with Crippen molar-refractivity contribution in [3.05, 3.63) is 0 Å². The molecule has 0 unspecified atom stereocenters. The molecule has 0 radical (unpaired) electrons. The summed E-state index contributed by atoms with van der Waals surface area (Å²) in [7, 11) is 0. The topological polar surface area (TPSA) is 65.1 Å². The quantitative estimate of drug-likeness (QED) is 0.282. The van der Waals surface area contributed by atoms with Crippen molar-refractivity contribution in [2.45, 2.75) is 25.2 Å². The number of hydrogen-bond acceptors (Lipinski definition) is 5. The summed E-state index contributed by atoms with van der Waals surface area (Å²) in [4.78, 5) is 22.3. The Balaban J connectivity index is 2.26. The first kappa shape index (κ1) is 7.54.